The lowest BCUT2D eigenvalue weighted by Gasteiger charge is -2.39. The molecule has 21 heavy (non-hydrogen) atoms. The summed E-state index contributed by atoms with van der Waals surface area (Å²) in [5.74, 6) is 1.15. The van der Waals surface area contributed by atoms with Crippen molar-refractivity contribution in [2.45, 2.75) is 38.1 Å². The Morgan fingerprint density at radius 1 is 1.43 bits per heavy atom. The Bertz CT molecular complexity index is 537. The molecule has 1 aromatic rings. The molecule has 1 fully saturated rings. The zero-order valence-corrected chi connectivity index (χ0v) is 13.3. The molecule has 114 valence electrons. The van der Waals surface area contributed by atoms with Gasteiger partial charge in [-0.2, -0.15) is 0 Å². The predicted octanol–water partition coefficient (Wildman–Crippen LogP) is 2.66. The van der Waals surface area contributed by atoms with Crippen LogP contribution in [0.1, 0.15) is 43.0 Å². The Labute approximate surface area is 131 Å². The molecule has 0 aromatic heterocycles. The lowest BCUT2D eigenvalue weighted by molar-refractivity contribution is 0.0900. The maximum absolute atomic E-state index is 12.5. The Morgan fingerprint density at radius 2 is 2.10 bits per heavy atom. The number of nitrogens with two attached hydrogens (primary N) is 1. The third-order valence-electron chi connectivity index (χ3n) is 4.28. The van der Waals surface area contributed by atoms with E-state index in [4.69, 9.17) is 22.7 Å². The summed E-state index contributed by atoms with van der Waals surface area (Å²) >= 11 is 5.22. The highest BCUT2D eigenvalue weighted by atomic mass is 32.1. The van der Waals surface area contributed by atoms with Gasteiger partial charge < -0.3 is 15.8 Å². The fourth-order valence-corrected chi connectivity index (χ4v) is 3.00. The number of hydrogen-bond donors (Lipinski definition) is 2. The average molecular weight is 306 g/mol. The monoisotopic (exact) mass is 306 g/mol. The Balaban J connectivity index is 2.17. The summed E-state index contributed by atoms with van der Waals surface area (Å²) in [7, 11) is 1.58. The van der Waals surface area contributed by atoms with E-state index in [1.54, 1.807) is 25.3 Å². The number of hydrogen-bond acceptors (Lipinski definition) is 3. The number of rotatable bonds is 4. The van der Waals surface area contributed by atoms with Crippen molar-refractivity contribution in [1.29, 1.82) is 0 Å². The first-order valence-electron chi connectivity index (χ1n) is 7.23. The first-order valence-corrected chi connectivity index (χ1v) is 7.64. The second kappa shape index (κ2) is 6.43. The van der Waals surface area contributed by atoms with Crippen LogP contribution in [0.25, 0.3) is 0 Å². The van der Waals surface area contributed by atoms with Gasteiger partial charge in [-0.25, -0.2) is 0 Å². The molecule has 0 atom stereocenters. The summed E-state index contributed by atoms with van der Waals surface area (Å²) in [4.78, 5) is 12.9. The maximum atomic E-state index is 12.5. The van der Waals surface area contributed by atoms with E-state index < -0.39 is 5.54 Å². The van der Waals surface area contributed by atoms with Crippen molar-refractivity contribution in [2.24, 2.45) is 11.7 Å². The number of methoxy groups -OCH3 is 1. The smallest absolute Gasteiger partial charge is 0.252 e. The van der Waals surface area contributed by atoms with E-state index in [-0.39, 0.29) is 5.91 Å². The zero-order valence-electron chi connectivity index (χ0n) is 12.5. The molecule has 1 amide bonds. The molecular weight excluding hydrogens is 284 g/mol. The number of ether oxygens (including phenoxy) is 1. The molecular formula is C16H22N2O2S. The highest BCUT2D eigenvalue weighted by molar-refractivity contribution is 7.80. The van der Waals surface area contributed by atoms with Gasteiger partial charge >= 0.3 is 0 Å². The van der Waals surface area contributed by atoms with E-state index >= 15 is 0 Å². The van der Waals surface area contributed by atoms with Crippen LogP contribution in [0.4, 0.5) is 0 Å². The van der Waals surface area contributed by atoms with Gasteiger partial charge in [0.25, 0.3) is 5.91 Å². The van der Waals surface area contributed by atoms with Crippen LogP contribution in [0.5, 0.6) is 5.75 Å². The van der Waals surface area contributed by atoms with Crippen LogP contribution >= 0.6 is 12.2 Å². The largest absolute Gasteiger partial charge is 0.497 e. The lowest BCUT2D eigenvalue weighted by Crippen LogP contribution is -2.58. The highest BCUT2D eigenvalue weighted by Gasteiger charge is 2.38. The summed E-state index contributed by atoms with van der Waals surface area (Å²) in [5.41, 5.74) is 5.93. The van der Waals surface area contributed by atoms with Crippen LogP contribution in [0.2, 0.25) is 0 Å². The van der Waals surface area contributed by atoms with E-state index in [1.807, 2.05) is 6.07 Å². The van der Waals surface area contributed by atoms with Gasteiger partial charge in [0, 0.05) is 5.56 Å². The molecule has 1 aliphatic carbocycles. The lowest BCUT2D eigenvalue weighted by atomic mass is 9.77. The number of carbonyl (C=O) groups excluding carboxylic acids is 1. The summed E-state index contributed by atoms with van der Waals surface area (Å²) in [5, 5.41) is 3.06. The molecule has 1 saturated carbocycles. The highest BCUT2D eigenvalue weighted by Crippen LogP contribution is 2.32. The Hall–Kier alpha value is -1.62. The first kappa shape index (κ1) is 15.8. The van der Waals surface area contributed by atoms with Crippen LogP contribution in [0.15, 0.2) is 24.3 Å². The molecule has 0 saturated heterocycles. The molecule has 0 spiro atoms. The van der Waals surface area contributed by atoms with Gasteiger partial charge in [-0.1, -0.05) is 25.2 Å². The topological polar surface area (TPSA) is 64.3 Å². The third kappa shape index (κ3) is 3.53. The van der Waals surface area contributed by atoms with Crippen molar-refractivity contribution >= 4 is 23.1 Å². The Kier molecular flexibility index (Phi) is 4.83. The van der Waals surface area contributed by atoms with Gasteiger partial charge in [0.05, 0.1) is 17.6 Å². The van der Waals surface area contributed by atoms with Gasteiger partial charge in [-0.3, -0.25) is 4.79 Å². The van der Waals surface area contributed by atoms with E-state index in [9.17, 15) is 4.79 Å². The number of amides is 1. The molecule has 1 aliphatic rings. The summed E-state index contributed by atoms with van der Waals surface area (Å²) < 4.78 is 5.15. The molecule has 0 bridgehead atoms. The number of benzene rings is 1. The normalized spacial score (nSPS) is 25.1. The minimum absolute atomic E-state index is 0.156. The molecule has 1 aromatic carbocycles. The number of nitrogens with one attached hydrogen (secondary N) is 1. The van der Waals surface area contributed by atoms with E-state index in [0.29, 0.717) is 22.2 Å². The minimum atomic E-state index is -0.554. The van der Waals surface area contributed by atoms with Crippen LogP contribution in [0, 0.1) is 5.92 Å². The van der Waals surface area contributed by atoms with Gasteiger partial charge in [0.1, 0.15) is 5.75 Å². The maximum Gasteiger partial charge on any atom is 0.252 e. The van der Waals surface area contributed by atoms with Crippen molar-refractivity contribution in [2.75, 3.05) is 7.11 Å². The van der Waals surface area contributed by atoms with Crippen molar-refractivity contribution in [1.82, 2.24) is 5.32 Å². The van der Waals surface area contributed by atoms with Gasteiger partial charge in [0.2, 0.25) is 0 Å². The van der Waals surface area contributed by atoms with Crippen LogP contribution in [0.3, 0.4) is 0 Å². The predicted molar refractivity (Wildman–Crippen MR) is 87.6 cm³/mol. The molecule has 0 aliphatic heterocycles. The van der Waals surface area contributed by atoms with Crippen molar-refractivity contribution in [3.05, 3.63) is 29.8 Å². The average Bonchev–Trinajstić information content (AvgIpc) is 2.49. The second-order valence-electron chi connectivity index (χ2n) is 5.81. The summed E-state index contributed by atoms with van der Waals surface area (Å²) in [6.07, 6.45) is 3.66. The Morgan fingerprint density at radius 3 is 2.67 bits per heavy atom. The van der Waals surface area contributed by atoms with Crippen LogP contribution < -0.4 is 15.8 Å². The molecule has 0 unspecified atom stereocenters. The zero-order chi connectivity index (χ0) is 15.5. The van der Waals surface area contributed by atoms with E-state index in [2.05, 4.69) is 12.2 Å². The van der Waals surface area contributed by atoms with E-state index in [0.717, 1.165) is 25.7 Å². The quantitative estimate of drug-likeness (QED) is 0.839. The summed E-state index contributed by atoms with van der Waals surface area (Å²) in [6.45, 7) is 2.22. The van der Waals surface area contributed by atoms with E-state index in [1.165, 1.54) is 0 Å². The van der Waals surface area contributed by atoms with Crippen molar-refractivity contribution in [3.8, 4) is 5.75 Å². The second-order valence-corrected chi connectivity index (χ2v) is 6.25. The van der Waals surface area contributed by atoms with Crippen LogP contribution in [-0.2, 0) is 0 Å². The SMILES string of the molecule is COc1cccc(C(=O)NC2(C(N)=S)CCC(C)CC2)c1. The molecule has 3 N–H and O–H groups in total. The van der Waals surface area contributed by atoms with Crippen molar-refractivity contribution in [3.63, 3.8) is 0 Å². The van der Waals surface area contributed by atoms with Gasteiger partial charge in [0.15, 0.2) is 0 Å². The molecule has 0 radical (unpaired) electrons. The summed E-state index contributed by atoms with van der Waals surface area (Å²) in [6, 6.07) is 7.08. The molecule has 0 heterocycles. The number of thiocarbonyl (C=S) groups is 1. The third-order valence-corrected chi connectivity index (χ3v) is 4.67. The van der Waals surface area contributed by atoms with Crippen LogP contribution in [-0.4, -0.2) is 23.5 Å². The molecule has 5 heteroatoms. The standard InChI is InChI=1S/C16H22N2O2S/c1-11-6-8-16(9-7-11,15(17)21)18-14(19)12-4-3-5-13(10-12)20-2/h3-5,10-11H,6-9H2,1-2H3,(H2,17,21)(H,18,19). The number of carbonyl (C=O) groups is 1. The van der Waals surface area contributed by atoms with Gasteiger partial charge in [-0.05, 0) is 49.8 Å². The van der Waals surface area contributed by atoms with Crippen molar-refractivity contribution < 1.29 is 9.53 Å². The molecule has 4 nitrogen and oxygen atoms in total. The van der Waals surface area contributed by atoms with Gasteiger partial charge in [-0.15, -0.1) is 0 Å². The molecule has 2 rings (SSSR count). The fraction of sp³-hybridized carbons (Fsp3) is 0.500. The fourth-order valence-electron chi connectivity index (χ4n) is 2.74. The minimum Gasteiger partial charge on any atom is -0.497 e. The first-order chi connectivity index (χ1) is 9.97.